The maximum absolute atomic E-state index is 2.70. The van der Waals surface area contributed by atoms with E-state index in [0.717, 1.165) is 17.9 Å². The van der Waals surface area contributed by atoms with E-state index in [0.29, 0.717) is 0 Å². The summed E-state index contributed by atoms with van der Waals surface area (Å²) in [5.41, 5.74) is 0. The number of nitrogens with zero attached hydrogens (tertiary/aromatic N) is 1. The zero-order chi connectivity index (χ0) is 7.84. The SMILES string of the molecule is C[C@@H]1C[C@H]2C[C@@H](C)CCN2C1. The summed E-state index contributed by atoms with van der Waals surface area (Å²) in [6, 6.07) is 0.953. The van der Waals surface area contributed by atoms with E-state index in [9.17, 15) is 0 Å². The minimum Gasteiger partial charge on any atom is -0.300 e. The zero-order valence-electron chi connectivity index (χ0n) is 7.71. The van der Waals surface area contributed by atoms with Gasteiger partial charge in [-0.3, -0.25) is 0 Å². The Labute approximate surface area is 69.8 Å². The summed E-state index contributed by atoms with van der Waals surface area (Å²) < 4.78 is 0. The van der Waals surface area contributed by atoms with Crippen LogP contribution in [0.4, 0.5) is 0 Å². The zero-order valence-corrected chi connectivity index (χ0v) is 7.71. The predicted octanol–water partition coefficient (Wildman–Crippen LogP) is 2.13. The number of rotatable bonds is 0. The lowest BCUT2D eigenvalue weighted by Gasteiger charge is -2.32. The van der Waals surface area contributed by atoms with Gasteiger partial charge in [0.2, 0.25) is 0 Å². The molecule has 0 aromatic rings. The molecule has 64 valence electrons. The Kier molecular flexibility index (Phi) is 1.92. The van der Waals surface area contributed by atoms with Crippen LogP contribution in [0.5, 0.6) is 0 Å². The third-order valence-electron chi connectivity index (χ3n) is 3.32. The van der Waals surface area contributed by atoms with Crippen LogP contribution in [0.25, 0.3) is 0 Å². The number of hydrogen-bond donors (Lipinski definition) is 0. The fourth-order valence-corrected chi connectivity index (χ4v) is 2.73. The monoisotopic (exact) mass is 153 g/mol. The van der Waals surface area contributed by atoms with Crippen LogP contribution < -0.4 is 0 Å². The van der Waals surface area contributed by atoms with Crippen molar-refractivity contribution in [2.75, 3.05) is 13.1 Å². The molecule has 2 aliphatic heterocycles. The van der Waals surface area contributed by atoms with Crippen molar-refractivity contribution in [1.82, 2.24) is 4.90 Å². The van der Waals surface area contributed by atoms with E-state index in [1.54, 1.807) is 0 Å². The second-order valence-electron chi connectivity index (χ2n) is 4.62. The van der Waals surface area contributed by atoms with Gasteiger partial charge in [0, 0.05) is 12.6 Å². The molecular formula is C10H19N. The molecule has 0 radical (unpaired) electrons. The molecule has 1 heteroatoms. The van der Waals surface area contributed by atoms with E-state index in [1.165, 1.54) is 32.4 Å². The fourth-order valence-electron chi connectivity index (χ4n) is 2.73. The molecule has 2 saturated heterocycles. The molecule has 0 N–H and O–H groups in total. The fraction of sp³-hybridized carbons (Fsp3) is 1.00. The Bertz CT molecular complexity index is 144. The summed E-state index contributed by atoms with van der Waals surface area (Å²) in [6.07, 6.45) is 4.36. The number of fused-ring (bicyclic) bond motifs is 1. The summed E-state index contributed by atoms with van der Waals surface area (Å²) in [5.74, 6) is 1.95. The van der Waals surface area contributed by atoms with E-state index in [4.69, 9.17) is 0 Å². The Balaban J connectivity index is 1.97. The van der Waals surface area contributed by atoms with Crippen LogP contribution in [0.2, 0.25) is 0 Å². The van der Waals surface area contributed by atoms with Crippen LogP contribution in [0.3, 0.4) is 0 Å². The van der Waals surface area contributed by atoms with Gasteiger partial charge in [0.25, 0.3) is 0 Å². The third kappa shape index (κ3) is 1.44. The quantitative estimate of drug-likeness (QED) is 0.515. The molecular weight excluding hydrogens is 134 g/mol. The van der Waals surface area contributed by atoms with Crippen molar-refractivity contribution >= 4 is 0 Å². The van der Waals surface area contributed by atoms with Crippen molar-refractivity contribution in [3.63, 3.8) is 0 Å². The average Bonchev–Trinajstić information content (AvgIpc) is 2.27. The lowest BCUT2D eigenvalue weighted by Crippen LogP contribution is -2.37. The van der Waals surface area contributed by atoms with Crippen molar-refractivity contribution in [2.24, 2.45) is 11.8 Å². The summed E-state index contributed by atoms with van der Waals surface area (Å²) in [6.45, 7) is 7.54. The standard InChI is InChI=1S/C10H19N/c1-8-3-4-11-7-9(2)6-10(11)5-8/h8-10H,3-7H2,1-2H3/t8-,9+,10+/m0/s1. The molecule has 2 fully saturated rings. The first-order valence-electron chi connectivity index (χ1n) is 4.99. The first kappa shape index (κ1) is 7.60. The van der Waals surface area contributed by atoms with Crippen LogP contribution in [0.1, 0.15) is 33.1 Å². The first-order valence-corrected chi connectivity index (χ1v) is 4.99. The summed E-state index contributed by atoms with van der Waals surface area (Å²) in [4.78, 5) is 2.70. The van der Waals surface area contributed by atoms with Gasteiger partial charge in [0.15, 0.2) is 0 Å². The van der Waals surface area contributed by atoms with Crippen molar-refractivity contribution in [2.45, 2.75) is 39.2 Å². The topological polar surface area (TPSA) is 3.24 Å². The highest BCUT2D eigenvalue weighted by Crippen LogP contribution is 2.32. The molecule has 11 heavy (non-hydrogen) atoms. The Morgan fingerprint density at radius 2 is 1.82 bits per heavy atom. The van der Waals surface area contributed by atoms with Gasteiger partial charge in [-0.15, -0.1) is 0 Å². The highest BCUT2D eigenvalue weighted by molar-refractivity contribution is 4.87. The molecule has 0 aromatic carbocycles. The Morgan fingerprint density at radius 3 is 2.64 bits per heavy atom. The van der Waals surface area contributed by atoms with Gasteiger partial charge in [0.05, 0.1) is 0 Å². The molecule has 0 saturated carbocycles. The van der Waals surface area contributed by atoms with Crippen molar-refractivity contribution in [1.29, 1.82) is 0 Å². The molecule has 0 bridgehead atoms. The lowest BCUT2D eigenvalue weighted by molar-refractivity contribution is 0.160. The number of hydrogen-bond acceptors (Lipinski definition) is 1. The molecule has 1 nitrogen and oxygen atoms in total. The maximum atomic E-state index is 2.70. The molecule has 0 amide bonds. The summed E-state index contributed by atoms with van der Waals surface area (Å²) in [5, 5.41) is 0. The largest absolute Gasteiger partial charge is 0.300 e. The molecule has 0 aromatic heterocycles. The Morgan fingerprint density at radius 1 is 1.09 bits per heavy atom. The summed E-state index contributed by atoms with van der Waals surface area (Å²) in [7, 11) is 0. The van der Waals surface area contributed by atoms with Gasteiger partial charge in [0.1, 0.15) is 0 Å². The maximum Gasteiger partial charge on any atom is 0.0101 e. The molecule has 2 aliphatic rings. The van der Waals surface area contributed by atoms with Crippen LogP contribution in [0, 0.1) is 11.8 Å². The minimum atomic E-state index is 0.953. The van der Waals surface area contributed by atoms with Crippen LogP contribution >= 0.6 is 0 Å². The van der Waals surface area contributed by atoms with Crippen molar-refractivity contribution in [3.05, 3.63) is 0 Å². The lowest BCUT2D eigenvalue weighted by atomic mass is 9.92. The van der Waals surface area contributed by atoms with E-state index in [2.05, 4.69) is 18.7 Å². The van der Waals surface area contributed by atoms with Gasteiger partial charge >= 0.3 is 0 Å². The highest BCUT2D eigenvalue weighted by atomic mass is 15.2. The van der Waals surface area contributed by atoms with Gasteiger partial charge in [-0.05, 0) is 37.6 Å². The third-order valence-corrected chi connectivity index (χ3v) is 3.32. The minimum absolute atomic E-state index is 0.953. The van der Waals surface area contributed by atoms with Gasteiger partial charge in [-0.2, -0.15) is 0 Å². The molecule has 2 heterocycles. The van der Waals surface area contributed by atoms with Gasteiger partial charge in [-0.25, -0.2) is 0 Å². The molecule has 0 aliphatic carbocycles. The predicted molar refractivity (Wildman–Crippen MR) is 47.5 cm³/mol. The number of piperidine rings is 1. The van der Waals surface area contributed by atoms with E-state index in [1.807, 2.05) is 0 Å². The Hall–Kier alpha value is -0.0400. The average molecular weight is 153 g/mol. The smallest absolute Gasteiger partial charge is 0.0101 e. The molecule has 2 rings (SSSR count). The second-order valence-corrected chi connectivity index (χ2v) is 4.62. The van der Waals surface area contributed by atoms with Crippen LogP contribution in [0.15, 0.2) is 0 Å². The molecule has 0 spiro atoms. The molecule has 3 atom stereocenters. The van der Waals surface area contributed by atoms with E-state index >= 15 is 0 Å². The van der Waals surface area contributed by atoms with Gasteiger partial charge < -0.3 is 4.90 Å². The molecule has 0 unspecified atom stereocenters. The van der Waals surface area contributed by atoms with E-state index < -0.39 is 0 Å². The summed E-state index contributed by atoms with van der Waals surface area (Å²) >= 11 is 0. The van der Waals surface area contributed by atoms with E-state index in [-0.39, 0.29) is 0 Å². The van der Waals surface area contributed by atoms with Crippen LogP contribution in [-0.4, -0.2) is 24.0 Å². The first-order chi connectivity index (χ1) is 5.25. The van der Waals surface area contributed by atoms with Crippen molar-refractivity contribution < 1.29 is 0 Å². The van der Waals surface area contributed by atoms with Crippen molar-refractivity contribution in [3.8, 4) is 0 Å². The second kappa shape index (κ2) is 2.78. The van der Waals surface area contributed by atoms with Gasteiger partial charge in [-0.1, -0.05) is 13.8 Å². The highest BCUT2D eigenvalue weighted by Gasteiger charge is 2.33. The van der Waals surface area contributed by atoms with Crippen LogP contribution in [-0.2, 0) is 0 Å². The normalized spacial score (nSPS) is 45.8.